The molecule has 3 aromatic rings. The van der Waals surface area contributed by atoms with Gasteiger partial charge in [-0.2, -0.15) is 0 Å². The molecule has 0 saturated carbocycles. The Kier molecular flexibility index (Phi) is 6.45. The van der Waals surface area contributed by atoms with E-state index in [9.17, 15) is 14.9 Å². The topological polar surface area (TPSA) is 120 Å². The molecule has 0 aliphatic carbocycles. The normalized spacial score (nSPS) is 10.5. The van der Waals surface area contributed by atoms with Gasteiger partial charge in [-0.25, -0.2) is 0 Å². The lowest BCUT2D eigenvalue weighted by Crippen LogP contribution is -2.14. The zero-order valence-electron chi connectivity index (χ0n) is 14.2. The maximum atomic E-state index is 12.1. The fourth-order valence-electron chi connectivity index (χ4n) is 2.05. The summed E-state index contributed by atoms with van der Waals surface area (Å²) in [7, 11) is 0. The van der Waals surface area contributed by atoms with Gasteiger partial charge in [-0.1, -0.05) is 41.6 Å². The molecule has 3 rings (SSSR count). The molecule has 11 heteroatoms. The summed E-state index contributed by atoms with van der Waals surface area (Å²) in [5.74, 6) is 0.476. The highest BCUT2D eigenvalue weighted by Crippen LogP contribution is 2.27. The van der Waals surface area contributed by atoms with Gasteiger partial charge in [0.15, 0.2) is 6.61 Å². The number of amides is 1. The van der Waals surface area contributed by atoms with Gasteiger partial charge in [0.1, 0.15) is 5.75 Å². The first-order valence-electron chi connectivity index (χ1n) is 7.88. The third kappa shape index (κ3) is 5.44. The second kappa shape index (κ2) is 9.20. The van der Waals surface area contributed by atoms with Crippen molar-refractivity contribution in [2.75, 3.05) is 11.1 Å². The summed E-state index contributed by atoms with van der Waals surface area (Å²) in [6, 6.07) is 13.0. The number of thioether (sulfide) groups is 1. The molecule has 0 unspecified atom stereocenters. The van der Waals surface area contributed by atoms with Gasteiger partial charge < -0.3 is 14.5 Å². The smallest absolute Gasteiger partial charge is 0.277 e. The number of ether oxygens (including phenoxy) is 1. The van der Waals surface area contributed by atoms with E-state index in [4.69, 9.17) is 20.8 Å². The quantitative estimate of drug-likeness (QED) is 0.330. The minimum atomic E-state index is -0.571. The number of nitrogens with one attached hydrogen (secondary N) is 1. The van der Waals surface area contributed by atoms with Crippen LogP contribution >= 0.6 is 23.4 Å². The van der Waals surface area contributed by atoms with Crippen LogP contribution in [-0.2, 0) is 11.4 Å². The molecule has 28 heavy (non-hydrogen) atoms. The van der Waals surface area contributed by atoms with Crippen molar-refractivity contribution in [3.63, 3.8) is 0 Å². The number of non-ortho nitro benzene ring substituents is 1. The van der Waals surface area contributed by atoms with E-state index in [1.807, 2.05) is 18.2 Å². The molecule has 144 valence electrons. The minimum Gasteiger partial charge on any atom is -0.484 e. The van der Waals surface area contributed by atoms with Crippen LogP contribution in [0.15, 0.2) is 58.2 Å². The fraction of sp³-hybridized carbons (Fsp3) is 0.118. The van der Waals surface area contributed by atoms with E-state index in [0.29, 0.717) is 5.75 Å². The summed E-state index contributed by atoms with van der Waals surface area (Å²) < 4.78 is 10.9. The zero-order chi connectivity index (χ0) is 19.9. The molecule has 0 aliphatic heterocycles. The van der Waals surface area contributed by atoms with Crippen molar-refractivity contribution >= 4 is 40.6 Å². The van der Waals surface area contributed by atoms with E-state index in [0.717, 1.165) is 11.8 Å². The first kappa shape index (κ1) is 19.6. The van der Waals surface area contributed by atoms with Gasteiger partial charge in [0, 0.05) is 12.1 Å². The summed E-state index contributed by atoms with van der Waals surface area (Å²) >= 11 is 6.97. The Bertz CT molecular complexity index is 983. The van der Waals surface area contributed by atoms with Crippen molar-refractivity contribution in [1.29, 1.82) is 0 Å². The predicted octanol–water partition coefficient (Wildman–Crippen LogP) is 3.94. The number of rotatable bonds is 8. The number of nitro benzene ring substituents is 1. The SMILES string of the molecule is O=C(CSc1nnc(COc2ccccc2)o1)Nc1cc([N+](=O)[O-])ccc1Cl. The maximum Gasteiger partial charge on any atom is 0.277 e. The van der Waals surface area contributed by atoms with Crippen molar-refractivity contribution in [3.8, 4) is 5.75 Å². The Morgan fingerprint density at radius 3 is 2.79 bits per heavy atom. The molecule has 1 amide bonds. The van der Waals surface area contributed by atoms with Gasteiger partial charge in [0.2, 0.25) is 5.91 Å². The molecule has 0 fully saturated rings. The second-order valence-electron chi connectivity index (χ2n) is 5.32. The van der Waals surface area contributed by atoms with E-state index in [1.165, 1.54) is 18.2 Å². The predicted molar refractivity (Wildman–Crippen MR) is 103 cm³/mol. The average Bonchev–Trinajstić information content (AvgIpc) is 3.15. The van der Waals surface area contributed by atoms with Crippen molar-refractivity contribution in [3.05, 3.63) is 69.6 Å². The van der Waals surface area contributed by atoms with Crippen LogP contribution in [0.1, 0.15) is 5.89 Å². The Morgan fingerprint density at radius 1 is 1.25 bits per heavy atom. The number of carbonyl (C=O) groups excluding carboxylic acids is 1. The van der Waals surface area contributed by atoms with Gasteiger partial charge in [-0.05, 0) is 18.2 Å². The van der Waals surface area contributed by atoms with Crippen LogP contribution < -0.4 is 10.1 Å². The van der Waals surface area contributed by atoms with Crippen LogP contribution in [0, 0.1) is 10.1 Å². The largest absolute Gasteiger partial charge is 0.484 e. The van der Waals surface area contributed by atoms with Crippen LogP contribution in [0.4, 0.5) is 11.4 Å². The van der Waals surface area contributed by atoms with Crippen molar-refractivity contribution < 1.29 is 18.9 Å². The Balaban J connectivity index is 1.50. The third-order valence-electron chi connectivity index (χ3n) is 3.32. The molecule has 2 aromatic carbocycles. The lowest BCUT2D eigenvalue weighted by molar-refractivity contribution is -0.384. The molecule has 0 atom stereocenters. The number of nitrogens with zero attached hydrogens (tertiary/aromatic N) is 3. The van der Waals surface area contributed by atoms with Crippen LogP contribution in [0.2, 0.25) is 5.02 Å². The van der Waals surface area contributed by atoms with Crippen LogP contribution in [0.25, 0.3) is 0 Å². The molecule has 0 spiro atoms. The van der Waals surface area contributed by atoms with Crippen LogP contribution in [-0.4, -0.2) is 26.8 Å². The lowest BCUT2D eigenvalue weighted by Gasteiger charge is -2.06. The van der Waals surface area contributed by atoms with Crippen LogP contribution in [0.5, 0.6) is 5.75 Å². The van der Waals surface area contributed by atoms with Crippen LogP contribution in [0.3, 0.4) is 0 Å². The van der Waals surface area contributed by atoms with Gasteiger partial charge in [0.25, 0.3) is 16.8 Å². The number of hydrogen-bond acceptors (Lipinski definition) is 8. The second-order valence-corrected chi connectivity index (χ2v) is 6.66. The first-order valence-corrected chi connectivity index (χ1v) is 9.24. The summed E-state index contributed by atoms with van der Waals surface area (Å²) in [5.41, 5.74) is -0.0174. The zero-order valence-corrected chi connectivity index (χ0v) is 15.8. The van der Waals surface area contributed by atoms with E-state index in [1.54, 1.807) is 12.1 Å². The Morgan fingerprint density at radius 2 is 2.04 bits per heavy atom. The molecule has 0 bridgehead atoms. The van der Waals surface area contributed by atoms with Crippen molar-refractivity contribution in [1.82, 2.24) is 10.2 Å². The standard InChI is InChI=1S/C17H13ClN4O5S/c18-13-7-6-11(22(24)25)8-14(13)19-15(23)10-28-17-21-20-16(27-17)9-26-12-4-2-1-3-5-12/h1-8H,9-10H2,(H,19,23). The average molecular weight is 421 g/mol. The molecular formula is C17H13ClN4O5S. The lowest BCUT2D eigenvalue weighted by atomic mass is 10.3. The van der Waals surface area contributed by atoms with E-state index in [-0.39, 0.29) is 39.9 Å². The van der Waals surface area contributed by atoms with Crippen molar-refractivity contribution in [2.45, 2.75) is 11.8 Å². The molecule has 0 aliphatic rings. The summed E-state index contributed by atoms with van der Waals surface area (Å²) in [4.78, 5) is 22.3. The maximum absolute atomic E-state index is 12.1. The number of nitro groups is 1. The highest BCUT2D eigenvalue weighted by molar-refractivity contribution is 7.99. The molecule has 0 radical (unpaired) electrons. The van der Waals surface area contributed by atoms with Gasteiger partial charge in [0.05, 0.1) is 21.4 Å². The van der Waals surface area contributed by atoms with Gasteiger partial charge >= 0.3 is 0 Å². The van der Waals surface area contributed by atoms with E-state index in [2.05, 4.69) is 15.5 Å². The molecule has 9 nitrogen and oxygen atoms in total. The number of aromatic nitrogens is 2. The monoisotopic (exact) mass is 420 g/mol. The molecular weight excluding hydrogens is 408 g/mol. The van der Waals surface area contributed by atoms with E-state index >= 15 is 0 Å². The van der Waals surface area contributed by atoms with E-state index < -0.39 is 10.8 Å². The number of hydrogen-bond donors (Lipinski definition) is 1. The minimum absolute atomic E-state index is 0.0415. The Labute approximate surface area is 168 Å². The summed E-state index contributed by atoms with van der Waals surface area (Å²) in [6.45, 7) is 0.104. The summed E-state index contributed by atoms with van der Waals surface area (Å²) in [5, 5.41) is 21.4. The third-order valence-corrected chi connectivity index (χ3v) is 4.46. The number of halogens is 1. The van der Waals surface area contributed by atoms with Gasteiger partial charge in [-0.15, -0.1) is 10.2 Å². The number of benzene rings is 2. The first-order chi connectivity index (χ1) is 13.5. The van der Waals surface area contributed by atoms with Crippen molar-refractivity contribution in [2.24, 2.45) is 0 Å². The highest BCUT2D eigenvalue weighted by atomic mass is 35.5. The number of para-hydroxylation sites is 1. The molecule has 1 aromatic heterocycles. The molecule has 0 saturated heterocycles. The summed E-state index contributed by atoms with van der Waals surface area (Å²) in [6.07, 6.45) is 0. The molecule has 1 heterocycles. The molecule has 1 N–H and O–H groups in total. The number of carbonyl (C=O) groups is 1. The fourth-order valence-corrected chi connectivity index (χ4v) is 2.80. The van der Waals surface area contributed by atoms with Gasteiger partial charge in [-0.3, -0.25) is 14.9 Å². The number of anilines is 1. The Hall–Kier alpha value is -3.11. The highest BCUT2D eigenvalue weighted by Gasteiger charge is 2.14.